The molecule has 6 heteroatoms. The van der Waals surface area contributed by atoms with Crippen LogP contribution in [0.1, 0.15) is 27.2 Å². The Balaban J connectivity index is 2.14. The van der Waals surface area contributed by atoms with Crippen LogP contribution in [-0.2, 0) is 5.75 Å². The van der Waals surface area contributed by atoms with Gasteiger partial charge in [0, 0.05) is 17.5 Å². The second-order valence-corrected chi connectivity index (χ2v) is 5.39. The minimum atomic E-state index is -0.933. The van der Waals surface area contributed by atoms with Crippen molar-refractivity contribution in [2.45, 2.75) is 24.8 Å². The van der Waals surface area contributed by atoms with Crippen LogP contribution in [0.4, 0.5) is 0 Å². The lowest BCUT2D eigenvalue weighted by molar-refractivity contribution is 0.0697. The van der Waals surface area contributed by atoms with E-state index in [1.54, 1.807) is 25.1 Å². The van der Waals surface area contributed by atoms with Crippen molar-refractivity contribution < 1.29 is 9.90 Å². The predicted octanol–water partition coefficient (Wildman–Crippen LogP) is 2.38. The van der Waals surface area contributed by atoms with E-state index in [0.29, 0.717) is 16.6 Å². The number of aromatic amines is 1. The van der Waals surface area contributed by atoms with Crippen LogP contribution in [0.5, 0.6) is 0 Å². The maximum atomic E-state index is 11.3. The quantitative estimate of drug-likeness (QED) is 0.667. The minimum Gasteiger partial charge on any atom is -0.478 e. The number of carboxylic acids is 1. The fourth-order valence-corrected chi connectivity index (χ4v) is 2.75. The fourth-order valence-electron chi connectivity index (χ4n) is 1.76. The number of carbonyl (C=O) groups is 1. The van der Waals surface area contributed by atoms with E-state index >= 15 is 0 Å². The van der Waals surface area contributed by atoms with Gasteiger partial charge in [0.2, 0.25) is 0 Å². The van der Waals surface area contributed by atoms with E-state index in [-0.39, 0.29) is 11.1 Å². The Labute approximate surface area is 120 Å². The summed E-state index contributed by atoms with van der Waals surface area (Å²) in [6.45, 7) is 3.64. The number of carboxylic acid groups (broad SMARTS) is 1. The number of nitrogens with one attached hydrogen (secondary N) is 1. The molecule has 1 aromatic heterocycles. The molecule has 5 nitrogen and oxygen atoms in total. The monoisotopic (exact) mass is 290 g/mol. The average molecular weight is 290 g/mol. The van der Waals surface area contributed by atoms with Crippen molar-refractivity contribution in [3.8, 4) is 0 Å². The Morgan fingerprint density at radius 2 is 2.10 bits per heavy atom. The Bertz CT molecular complexity index is 710. The number of hydrogen-bond acceptors (Lipinski definition) is 4. The number of aryl methyl sites for hydroxylation is 2. The van der Waals surface area contributed by atoms with Gasteiger partial charge in [0.25, 0.3) is 5.56 Å². The first-order chi connectivity index (χ1) is 9.45. The van der Waals surface area contributed by atoms with Gasteiger partial charge in [-0.05, 0) is 37.1 Å². The molecule has 0 unspecified atom stereocenters. The van der Waals surface area contributed by atoms with Crippen LogP contribution in [0.2, 0.25) is 0 Å². The predicted molar refractivity (Wildman–Crippen MR) is 77.3 cm³/mol. The van der Waals surface area contributed by atoms with E-state index in [2.05, 4.69) is 9.97 Å². The summed E-state index contributed by atoms with van der Waals surface area (Å²) >= 11 is 1.42. The number of hydrogen-bond donors (Lipinski definition) is 2. The van der Waals surface area contributed by atoms with Gasteiger partial charge in [-0.2, -0.15) is 0 Å². The highest BCUT2D eigenvalue weighted by Gasteiger charge is 2.07. The summed E-state index contributed by atoms with van der Waals surface area (Å²) in [5.74, 6) is -0.310. The summed E-state index contributed by atoms with van der Waals surface area (Å²) < 4.78 is 0. The van der Waals surface area contributed by atoms with Gasteiger partial charge in [0.05, 0.1) is 5.56 Å². The molecule has 0 aliphatic carbocycles. The largest absolute Gasteiger partial charge is 0.478 e. The van der Waals surface area contributed by atoms with E-state index in [1.165, 1.54) is 17.8 Å². The van der Waals surface area contributed by atoms with Gasteiger partial charge in [0.15, 0.2) is 5.16 Å². The number of rotatable bonds is 4. The van der Waals surface area contributed by atoms with E-state index < -0.39 is 5.97 Å². The molecule has 0 atom stereocenters. The van der Waals surface area contributed by atoms with Gasteiger partial charge >= 0.3 is 5.97 Å². The molecule has 1 aromatic carbocycles. The number of thioether (sulfide) groups is 1. The highest BCUT2D eigenvalue weighted by Crippen LogP contribution is 2.21. The van der Waals surface area contributed by atoms with Gasteiger partial charge in [-0.3, -0.25) is 4.79 Å². The van der Waals surface area contributed by atoms with Crippen molar-refractivity contribution in [1.29, 1.82) is 0 Å². The summed E-state index contributed by atoms with van der Waals surface area (Å²) in [6.07, 6.45) is 0. The van der Waals surface area contributed by atoms with Gasteiger partial charge in [-0.15, -0.1) is 0 Å². The van der Waals surface area contributed by atoms with E-state index in [0.717, 1.165) is 11.1 Å². The molecule has 0 fully saturated rings. The van der Waals surface area contributed by atoms with Crippen molar-refractivity contribution in [1.82, 2.24) is 9.97 Å². The second-order valence-electron chi connectivity index (χ2n) is 4.43. The van der Waals surface area contributed by atoms with Gasteiger partial charge in [-0.1, -0.05) is 17.8 Å². The molecule has 2 rings (SSSR count). The summed E-state index contributed by atoms with van der Waals surface area (Å²) in [5.41, 5.74) is 2.71. The molecule has 2 aromatic rings. The molecule has 20 heavy (non-hydrogen) atoms. The number of benzene rings is 1. The number of aromatic carboxylic acids is 1. The first-order valence-corrected chi connectivity index (χ1v) is 6.98. The lowest BCUT2D eigenvalue weighted by Crippen LogP contribution is -2.08. The molecule has 0 aliphatic rings. The van der Waals surface area contributed by atoms with Crippen molar-refractivity contribution in [2.75, 3.05) is 0 Å². The maximum absolute atomic E-state index is 11.3. The Hall–Kier alpha value is -2.08. The minimum absolute atomic E-state index is 0.169. The average Bonchev–Trinajstić information content (AvgIpc) is 2.36. The number of aromatic nitrogens is 2. The topological polar surface area (TPSA) is 83.0 Å². The van der Waals surface area contributed by atoms with Crippen LogP contribution < -0.4 is 5.56 Å². The molecule has 0 saturated heterocycles. The SMILES string of the molecule is Cc1cc(=O)[nH]c(SCc2ccc(C(=O)O)cc2C)n1. The number of H-pyrrole nitrogens is 1. The summed E-state index contributed by atoms with van der Waals surface area (Å²) in [6, 6.07) is 6.46. The zero-order chi connectivity index (χ0) is 14.7. The third-order valence-corrected chi connectivity index (χ3v) is 3.72. The zero-order valence-corrected chi connectivity index (χ0v) is 12.0. The third kappa shape index (κ3) is 3.48. The van der Waals surface area contributed by atoms with Crippen molar-refractivity contribution in [2.24, 2.45) is 0 Å². The molecule has 1 heterocycles. The zero-order valence-electron chi connectivity index (χ0n) is 11.1. The highest BCUT2D eigenvalue weighted by atomic mass is 32.2. The van der Waals surface area contributed by atoms with Crippen molar-refractivity contribution in [3.63, 3.8) is 0 Å². The molecule has 104 valence electrons. The molecule has 0 spiro atoms. The lowest BCUT2D eigenvalue weighted by atomic mass is 10.1. The van der Waals surface area contributed by atoms with Crippen molar-refractivity contribution >= 4 is 17.7 Å². The molecular weight excluding hydrogens is 276 g/mol. The van der Waals surface area contributed by atoms with E-state index in [1.807, 2.05) is 6.92 Å². The summed E-state index contributed by atoms with van der Waals surface area (Å²) in [4.78, 5) is 29.1. The normalized spacial score (nSPS) is 10.5. The smallest absolute Gasteiger partial charge is 0.335 e. The summed E-state index contributed by atoms with van der Waals surface area (Å²) in [5, 5.41) is 9.48. The van der Waals surface area contributed by atoms with E-state index in [9.17, 15) is 9.59 Å². The Kier molecular flexibility index (Phi) is 4.24. The molecule has 0 radical (unpaired) electrons. The molecule has 0 amide bonds. The molecule has 0 bridgehead atoms. The Morgan fingerprint density at radius 1 is 1.35 bits per heavy atom. The van der Waals surface area contributed by atoms with Crippen LogP contribution in [-0.4, -0.2) is 21.0 Å². The van der Waals surface area contributed by atoms with E-state index in [4.69, 9.17) is 5.11 Å². The van der Waals surface area contributed by atoms with Crippen LogP contribution in [0.3, 0.4) is 0 Å². The second kappa shape index (κ2) is 5.92. The molecule has 0 saturated carbocycles. The maximum Gasteiger partial charge on any atom is 0.335 e. The van der Waals surface area contributed by atoms with Crippen molar-refractivity contribution in [3.05, 3.63) is 57.0 Å². The van der Waals surface area contributed by atoms with Crippen LogP contribution in [0, 0.1) is 13.8 Å². The molecule has 0 aliphatic heterocycles. The van der Waals surface area contributed by atoms with Gasteiger partial charge < -0.3 is 10.1 Å². The van der Waals surface area contributed by atoms with Gasteiger partial charge in [0.1, 0.15) is 0 Å². The van der Waals surface area contributed by atoms with Crippen LogP contribution >= 0.6 is 11.8 Å². The van der Waals surface area contributed by atoms with Crippen LogP contribution in [0.15, 0.2) is 34.2 Å². The third-order valence-electron chi connectivity index (χ3n) is 2.80. The Morgan fingerprint density at radius 3 is 2.70 bits per heavy atom. The fraction of sp³-hybridized carbons (Fsp3) is 0.214. The lowest BCUT2D eigenvalue weighted by Gasteiger charge is -2.06. The standard InChI is InChI=1S/C14H14N2O3S/c1-8-5-10(13(18)19)3-4-11(8)7-20-14-15-9(2)6-12(17)16-14/h3-6H,7H2,1-2H3,(H,18,19)(H,15,16,17). The van der Waals surface area contributed by atoms with Gasteiger partial charge in [-0.25, -0.2) is 9.78 Å². The molecule has 2 N–H and O–H groups in total. The first kappa shape index (κ1) is 14.3. The summed E-state index contributed by atoms with van der Waals surface area (Å²) in [7, 11) is 0. The molecular formula is C14H14N2O3S. The van der Waals surface area contributed by atoms with Crippen LogP contribution in [0.25, 0.3) is 0 Å². The number of nitrogens with zero attached hydrogens (tertiary/aromatic N) is 1. The highest BCUT2D eigenvalue weighted by molar-refractivity contribution is 7.98. The first-order valence-electron chi connectivity index (χ1n) is 5.99.